The summed E-state index contributed by atoms with van der Waals surface area (Å²) in [5.74, 6) is 0.563. The molecule has 2 unspecified atom stereocenters. The second-order valence-electron chi connectivity index (χ2n) is 4.98. The van der Waals surface area contributed by atoms with Crippen molar-refractivity contribution in [3.8, 4) is 0 Å². The van der Waals surface area contributed by atoms with Crippen molar-refractivity contribution >= 4 is 0 Å². The number of hydrogen-bond donors (Lipinski definition) is 2. The summed E-state index contributed by atoms with van der Waals surface area (Å²) in [4.78, 5) is 1.92. The van der Waals surface area contributed by atoms with Gasteiger partial charge in [0.05, 0.1) is 12.7 Å². The Kier molecular flexibility index (Phi) is 6.33. The Labute approximate surface area is 110 Å². The molecule has 0 saturated carbocycles. The average Bonchev–Trinajstić information content (AvgIpc) is 2.38. The summed E-state index contributed by atoms with van der Waals surface area (Å²) >= 11 is 0. The van der Waals surface area contributed by atoms with Gasteiger partial charge in [-0.2, -0.15) is 0 Å². The SMILES string of the molecule is CCC(C)c1ccc(C(O)CN(C)CCO)cc1. The van der Waals surface area contributed by atoms with Crippen LogP contribution >= 0.6 is 0 Å². The van der Waals surface area contributed by atoms with Crippen LogP contribution in [0.4, 0.5) is 0 Å². The number of benzene rings is 1. The number of nitrogens with zero attached hydrogens (tertiary/aromatic N) is 1. The Bertz CT molecular complexity index is 337. The van der Waals surface area contributed by atoms with Crippen molar-refractivity contribution in [3.63, 3.8) is 0 Å². The minimum atomic E-state index is -0.493. The second kappa shape index (κ2) is 7.52. The zero-order chi connectivity index (χ0) is 13.5. The molecule has 0 aliphatic heterocycles. The molecule has 1 aromatic rings. The Hall–Kier alpha value is -0.900. The van der Waals surface area contributed by atoms with Gasteiger partial charge in [-0.3, -0.25) is 0 Å². The fourth-order valence-electron chi connectivity index (χ4n) is 1.95. The Morgan fingerprint density at radius 3 is 2.22 bits per heavy atom. The number of aliphatic hydroxyl groups excluding tert-OH is 2. The van der Waals surface area contributed by atoms with E-state index in [1.54, 1.807) is 0 Å². The number of rotatable bonds is 7. The van der Waals surface area contributed by atoms with Crippen LogP contribution < -0.4 is 0 Å². The molecule has 2 atom stereocenters. The summed E-state index contributed by atoms with van der Waals surface area (Å²) in [6.45, 7) is 5.64. The lowest BCUT2D eigenvalue weighted by molar-refractivity contribution is 0.115. The van der Waals surface area contributed by atoms with E-state index < -0.39 is 6.10 Å². The van der Waals surface area contributed by atoms with Crippen LogP contribution in [0.5, 0.6) is 0 Å². The molecular weight excluding hydrogens is 226 g/mol. The molecule has 1 rings (SSSR count). The van der Waals surface area contributed by atoms with Gasteiger partial charge in [0, 0.05) is 13.1 Å². The molecule has 0 saturated heterocycles. The maximum Gasteiger partial charge on any atom is 0.0916 e. The van der Waals surface area contributed by atoms with Gasteiger partial charge in [0.25, 0.3) is 0 Å². The van der Waals surface area contributed by atoms with Crippen molar-refractivity contribution in [1.29, 1.82) is 0 Å². The van der Waals surface area contributed by atoms with E-state index in [4.69, 9.17) is 5.11 Å². The molecule has 0 aliphatic rings. The summed E-state index contributed by atoms with van der Waals surface area (Å²) in [6.07, 6.45) is 0.633. The van der Waals surface area contributed by atoms with Gasteiger partial charge < -0.3 is 15.1 Å². The van der Waals surface area contributed by atoms with Gasteiger partial charge in [-0.25, -0.2) is 0 Å². The average molecular weight is 251 g/mol. The van der Waals surface area contributed by atoms with Crippen LogP contribution in [-0.4, -0.2) is 41.9 Å². The zero-order valence-electron chi connectivity index (χ0n) is 11.6. The van der Waals surface area contributed by atoms with E-state index in [9.17, 15) is 5.11 Å². The van der Waals surface area contributed by atoms with Crippen LogP contribution in [0.15, 0.2) is 24.3 Å². The van der Waals surface area contributed by atoms with Crippen molar-refractivity contribution in [2.75, 3.05) is 26.7 Å². The maximum absolute atomic E-state index is 10.1. The number of hydrogen-bond acceptors (Lipinski definition) is 3. The summed E-state index contributed by atoms with van der Waals surface area (Å²) in [6, 6.07) is 8.19. The third-order valence-electron chi connectivity index (χ3n) is 3.47. The predicted molar refractivity (Wildman–Crippen MR) is 74.7 cm³/mol. The largest absolute Gasteiger partial charge is 0.395 e. The van der Waals surface area contributed by atoms with E-state index in [-0.39, 0.29) is 6.61 Å². The lowest BCUT2D eigenvalue weighted by Crippen LogP contribution is -2.27. The van der Waals surface area contributed by atoms with E-state index in [0.717, 1.165) is 12.0 Å². The van der Waals surface area contributed by atoms with Crippen molar-refractivity contribution in [3.05, 3.63) is 35.4 Å². The Balaban J connectivity index is 2.61. The van der Waals surface area contributed by atoms with Crippen molar-refractivity contribution in [2.45, 2.75) is 32.3 Å². The first kappa shape index (κ1) is 15.2. The van der Waals surface area contributed by atoms with Gasteiger partial charge in [0.1, 0.15) is 0 Å². The first-order chi connectivity index (χ1) is 8.58. The molecular formula is C15H25NO2. The first-order valence-electron chi connectivity index (χ1n) is 6.65. The monoisotopic (exact) mass is 251 g/mol. The normalized spacial score (nSPS) is 14.8. The molecule has 0 bridgehead atoms. The lowest BCUT2D eigenvalue weighted by Gasteiger charge is -2.20. The fraction of sp³-hybridized carbons (Fsp3) is 0.600. The summed E-state index contributed by atoms with van der Waals surface area (Å²) in [7, 11) is 1.90. The highest BCUT2D eigenvalue weighted by Crippen LogP contribution is 2.21. The maximum atomic E-state index is 10.1. The van der Waals surface area contributed by atoms with Crippen LogP contribution in [0.1, 0.15) is 43.4 Å². The van der Waals surface area contributed by atoms with Gasteiger partial charge >= 0.3 is 0 Å². The predicted octanol–water partition coefficient (Wildman–Crippen LogP) is 2.16. The molecule has 3 heteroatoms. The van der Waals surface area contributed by atoms with Crippen LogP contribution in [0.25, 0.3) is 0 Å². The van der Waals surface area contributed by atoms with Crippen molar-refractivity contribution in [2.24, 2.45) is 0 Å². The molecule has 1 aromatic carbocycles. The topological polar surface area (TPSA) is 43.7 Å². The minimum Gasteiger partial charge on any atom is -0.395 e. The molecule has 0 amide bonds. The second-order valence-corrected chi connectivity index (χ2v) is 4.98. The molecule has 102 valence electrons. The van der Waals surface area contributed by atoms with Crippen LogP contribution in [-0.2, 0) is 0 Å². The van der Waals surface area contributed by atoms with Crippen molar-refractivity contribution < 1.29 is 10.2 Å². The van der Waals surface area contributed by atoms with E-state index in [0.29, 0.717) is 19.0 Å². The Morgan fingerprint density at radius 1 is 1.17 bits per heavy atom. The fourth-order valence-corrected chi connectivity index (χ4v) is 1.95. The van der Waals surface area contributed by atoms with Gasteiger partial charge in [-0.15, -0.1) is 0 Å². The quantitative estimate of drug-likeness (QED) is 0.780. The van der Waals surface area contributed by atoms with Gasteiger partial charge in [-0.05, 0) is 30.5 Å². The van der Waals surface area contributed by atoms with E-state index in [1.807, 2.05) is 24.1 Å². The molecule has 3 nitrogen and oxygen atoms in total. The smallest absolute Gasteiger partial charge is 0.0916 e. The molecule has 0 radical (unpaired) electrons. The first-order valence-corrected chi connectivity index (χ1v) is 6.65. The minimum absolute atomic E-state index is 0.121. The lowest BCUT2D eigenvalue weighted by atomic mass is 9.96. The van der Waals surface area contributed by atoms with Gasteiger partial charge in [0.2, 0.25) is 0 Å². The van der Waals surface area contributed by atoms with E-state index in [2.05, 4.69) is 26.0 Å². The van der Waals surface area contributed by atoms with Crippen molar-refractivity contribution in [1.82, 2.24) is 4.90 Å². The molecule has 2 N–H and O–H groups in total. The van der Waals surface area contributed by atoms with Crippen LogP contribution in [0, 0.1) is 0 Å². The summed E-state index contributed by atoms with van der Waals surface area (Å²) in [5, 5.41) is 18.9. The standard InChI is InChI=1S/C15H25NO2/c1-4-12(2)13-5-7-14(8-6-13)15(18)11-16(3)9-10-17/h5-8,12,15,17-18H,4,9-11H2,1-3H3. The van der Waals surface area contributed by atoms with E-state index >= 15 is 0 Å². The van der Waals surface area contributed by atoms with Gasteiger partial charge in [0.15, 0.2) is 0 Å². The van der Waals surface area contributed by atoms with Crippen LogP contribution in [0.2, 0.25) is 0 Å². The molecule has 0 aromatic heterocycles. The van der Waals surface area contributed by atoms with Crippen LogP contribution in [0.3, 0.4) is 0 Å². The summed E-state index contributed by atoms with van der Waals surface area (Å²) in [5.41, 5.74) is 2.25. The van der Waals surface area contributed by atoms with Gasteiger partial charge in [-0.1, -0.05) is 38.1 Å². The molecule has 0 aliphatic carbocycles. The summed E-state index contributed by atoms with van der Waals surface area (Å²) < 4.78 is 0. The highest BCUT2D eigenvalue weighted by atomic mass is 16.3. The van der Waals surface area contributed by atoms with E-state index in [1.165, 1.54) is 5.56 Å². The number of likely N-dealkylation sites (N-methyl/N-ethyl adjacent to an activating group) is 1. The third kappa shape index (κ3) is 4.41. The molecule has 0 heterocycles. The highest BCUT2D eigenvalue weighted by Gasteiger charge is 2.11. The third-order valence-corrected chi connectivity index (χ3v) is 3.47. The zero-order valence-corrected chi connectivity index (χ0v) is 11.6. The highest BCUT2D eigenvalue weighted by molar-refractivity contribution is 5.26. The number of aliphatic hydroxyl groups is 2. The molecule has 0 spiro atoms. The Morgan fingerprint density at radius 2 is 1.72 bits per heavy atom. The molecule has 18 heavy (non-hydrogen) atoms. The molecule has 0 fully saturated rings.